The number of halogens is 1. The highest BCUT2D eigenvalue weighted by Gasteiger charge is 2.34. The second-order valence-electron chi connectivity index (χ2n) is 6.42. The topological polar surface area (TPSA) is 15.3 Å². The van der Waals surface area contributed by atoms with E-state index in [4.69, 9.17) is 11.6 Å². The Balaban J connectivity index is 1.68. The van der Waals surface area contributed by atoms with E-state index in [-0.39, 0.29) is 5.38 Å². The van der Waals surface area contributed by atoms with Crippen molar-refractivity contribution >= 4 is 11.6 Å². The van der Waals surface area contributed by atoms with Crippen LogP contribution in [0.4, 0.5) is 0 Å². The number of alkyl halides is 1. The van der Waals surface area contributed by atoms with Crippen LogP contribution in [0.2, 0.25) is 0 Å². The average molecular weight is 317 g/mol. The fourth-order valence-corrected chi connectivity index (χ4v) is 3.83. The van der Waals surface area contributed by atoms with Crippen molar-refractivity contribution in [1.82, 2.24) is 10.2 Å². The van der Waals surface area contributed by atoms with Gasteiger partial charge < -0.3 is 5.32 Å². The molecule has 2 nitrogen and oxygen atoms in total. The molecule has 3 unspecified atom stereocenters. The molecule has 1 heterocycles. The molecule has 0 spiro atoms. The fraction of sp³-hybridized carbons (Fsp3) is 0.474. The monoisotopic (exact) mass is 316 g/mol. The van der Waals surface area contributed by atoms with Gasteiger partial charge in [0.05, 0.1) is 5.38 Å². The van der Waals surface area contributed by atoms with Crippen LogP contribution >= 0.6 is 11.6 Å². The molecule has 0 bridgehead atoms. The van der Waals surface area contributed by atoms with Crippen molar-refractivity contribution in [2.45, 2.75) is 18.3 Å². The lowest BCUT2D eigenvalue weighted by Crippen LogP contribution is -2.26. The first kappa shape index (κ1) is 15.8. The van der Waals surface area contributed by atoms with Crippen molar-refractivity contribution in [3.63, 3.8) is 0 Å². The predicted octanol–water partition coefficient (Wildman–Crippen LogP) is 3.45. The van der Waals surface area contributed by atoms with Gasteiger partial charge in [0.25, 0.3) is 0 Å². The van der Waals surface area contributed by atoms with E-state index in [2.05, 4.69) is 65.8 Å². The van der Waals surface area contributed by atoms with Gasteiger partial charge in [-0.3, -0.25) is 4.90 Å². The van der Waals surface area contributed by atoms with Crippen molar-refractivity contribution in [3.8, 4) is 0 Å². The highest BCUT2D eigenvalue weighted by molar-refractivity contribution is 6.22. The molecule has 2 aliphatic rings. The lowest BCUT2D eigenvalue weighted by atomic mass is 9.86. The molecule has 22 heavy (non-hydrogen) atoms. The second kappa shape index (κ2) is 7.45. The number of likely N-dealkylation sites (tertiary alicyclic amines) is 1. The molecule has 0 radical (unpaired) electrons. The first-order valence-corrected chi connectivity index (χ1v) is 8.63. The van der Waals surface area contributed by atoms with Crippen LogP contribution in [-0.2, 0) is 6.54 Å². The van der Waals surface area contributed by atoms with Gasteiger partial charge in [0, 0.05) is 25.6 Å². The van der Waals surface area contributed by atoms with Crippen molar-refractivity contribution in [1.29, 1.82) is 0 Å². The number of nitrogens with one attached hydrogen (secondary N) is 1. The molecule has 0 aromatic heterocycles. The van der Waals surface area contributed by atoms with Gasteiger partial charge in [0.2, 0.25) is 0 Å². The van der Waals surface area contributed by atoms with E-state index < -0.39 is 0 Å². The summed E-state index contributed by atoms with van der Waals surface area (Å²) in [6, 6.07) is 10.8. The number of benzene rings is 1. The zero-order chi connectivity index (χ0) is 15.4. The molecule has 1 aromatic carbocycles. The Morgan fingerprint density at radius 3 is 2.73 bits per heavy atom. The summed E-state index contributed by atoms with van der Waals surface area (Å²) in [5, 5.41) is 3.54. The highest BCUT2D eigenvalue weighted by atomic mass is 35.5. The minimum absolute atomic E-state index is 0.174. The maximum absolute atomic E-state index is 6.17. The van der Waals surface area contributed by atoms with Gasteiger partial charge in [0.1, 0.15) is 0 Å². The van der Waals surface area contributed by atoms with Gasteiger partial charge in [-0.25, -0.2) is 0 Å². The standard InChI is InChI=1S/C19H25ClN2/c1-21-11-17-13-22(12-15-5-3-2-4-6-15)14-19(17)16-7-9-18(20)10-8-16/h2-9,17-19,21H,10-14H2,1H3. The van der Waals surface area contributed by atoms with Crippen LogP contribution in [-0.4, -0.2) is 37.0 Å². The molecule has 0 saturated carbocycles. The first-order valence-electron chi connectivity index (χ1n) is 8.19. The van der Waals surface area contributed by atoms with E-state index in [1.54, 1.807) is 0 Å². The van der Waals surface area contributed by atoms with Gasteiger partial charge >= 0.3 is 0 Å². The summed E-state index contributed by atoms with van der Waals surface area (Å²) in [5.41, 5.74) is 2.88. The van der Waals surface area contributed by atoms with Crippen LogP contribution in [0.1, 0.15) is 12.0 Å². The molecule has 1 N–H and O–H groups in total. The molecule has 3 heteroatoms. The molecule has 1 fully saturated rings. The minimum atomic E-state index is 0.174. The minimum Gasteiger partial charge on any atom is -0.319 e. The molecule has 1 aliphatic carbocycles. The van der Waals surface area contributed by atoms with E-state index in [9.17, 15) is 0 Å². The molecule has 118 valence electrons. The zero-order valence-electron chi connectivity index (χ0n) is 13.2. The number of hydrogen-bond donors (Lipinski definition) is 1. The quantitative estimate of drug-likeness (QED) is 0.837. The van der Waals surface area contributed by atoms with Crippen LogP contribution in [0.25, 0.3) is 0 Å². The van der Waals surface area contributed by atoms with Gasteiger partial charge in [-0.1, -0.05) is 48.6 Å². The third-order valence-electron chi connectivity index (χ3n) is 4.74. The van der Waals surface area contributed by atoms with Crippen molar-refractivity contribution in [2.24, 2.45) is 11.8 Å². The number of nitrogens with zero attached hydrogens (tertiary/aromatic N) is 1. The Morgan fingerprint density at radius 2 is 2.05 bits per heavy atom. The number of allylic oxidation sites excluding steroid dienone is 3. The SMILES string of the molecule is CNCC1CN(Cc2ccccc2)CC1C1=CCC(Cl)C=C1. The van der Waals surface area contributed by atoms with Crippen LogP contribution in [0.15, 0.2) is 54.1 Å². The van der Waals surface area contributed by atoms with Crippen molar-refractivity contribution in [2.75, 3.05) is 26.7 Å². The van der Waals surface area contributed by atoms with Crippen molar-refractivity contribution < 1.29 is 0 Å². The lowest BCUT2D eigenvalue weighted by Gasteiger charge is -2.22. The number of rotatable bonds is 5. The third-order valence-corrected chi connectivity index (χ3v) is 5.06. The lowest BCUT2D eigenvalue weighted by molar-refractivity contribution is 0.314. The maximum atomic E-state index is 6.17. The summed E-state index contributed by atoms with van der Waals surface area (Å²) in [5.74, 6) is 1.30. The zero-order valence-corrected chi connectivity index (χ0v) is 14.0. The van der Waals surface area contributed by atoms with E-state index >= 15 is 0 Å². The molecule has 0 amide bonds. The molecular formula is C19H25ClN2. The summed E-state index contributed by atoms with van der Waals surface area (Å²) >= 11 is 6.17. The predicted molar refractivity (Wildman–Crippen MR) is 94.1 cm³/mol. The summed E-state index contributed by atoms with van der Waals surface area (Å²) < 4.78 is 0. The smallest absolute Gasteiger partial charge is 0.0553 e. The molecular weight excluding hydrogens is 292 g/mol. The first-order chi connectivity index (χ1) is 10.8. The van der Waals surface area contributed by atoms with Gasteiger partial charge in [-0.05, 0) is 37.1 Å². The Morgan fingerprint density at radius 1 is 1.23 bits per heavy atom. The third kappa shape index (κ3) is 3.81. The Labute approximate surface area is 138 Å². The molecule has 1 aliphatic heterocycles. The average Bonchev–Trinajstić information content (AvgIpc) is 2.92. The molecule has 1 aromatic rings. The largest absolute Gasteiger partial charge is 0.319 e. The van der Waals surface area contributed by atoms with E-state index in [0.717, 1.165) is 32.6 Å². The number of hydrogen-bond acceptors (Lipinski definition) is 2. The van der Waals surface area contributed by atoms with Crippen LogP contribution in [0.3, 0.4) is 0 Å². The van der Waals surface area contributed by atoms with Gasteiger partial charge in [0.15, 0.2) is 0 Å². The Hall–Kier alpha value is -1.09. The molecule has 3 atom stereocenters. The van der Waals surface area contributed by atoms with Gasteiger partial charge in [-0.15, -0.1) is 11.6 Å². The van der Waals surface area contributed by atoms with Crippen LogP contribution in [0, 0.1) is 11.8 Å². The molecule has 3 rings (SSSR count). The summed E-state index contributed by atoms with van der Waals surface area (Å²) in [6.45, 7) is 4.43. The fourth-order valence-electron chi connectivity index (χ4n) is 3.66. The van der Waals surface area contributed by atoms with Crippen LogP contribution in [0.5, 0.6) is 0 Å². The molecule has 1 saturated heterocycles. The van der Waals surface area contributed by atoms with E-state index in [1.165, 1.54) is 11.1 Å². The van der Waals surface area contributed by atoms with E-state index in [0.29, 0.717) is 11.8 Å². The summed E-state index contributed by atoms with van der Waals surface area (Å²) in [4.78, 5) is 2.59. The Bertz CT molecular complexity index is 538. The Kier molecular flexibility index (Phi) is 5.35. The normalized spacial score (nSPS) is 28.8. The summed E-state index contributed by atoms with van der Waals surface area (Å²) in [6.07, 6.45) is 7.71. The van der Waals surface area contributed by atoms with E-state index in [1.807, 2.05) is 0 Å². The summed E-state index contributed by atoms with van der Waals surface area (Å²) in [7, 11) is 2.05. The maximum Gasteiger partial charge on any atom is 0.0553 e. The van der Waals surface area contributed by atoms with Gasteiger partial charge in [-0.2, -0.15) is 0 Å². The van der Waals surface area contributed by atoms with Crippen LogP contribution < -0.4 is 5.32 Å². The second-order valence-corrected chi connectivity index (χ2v) is 6.98. The van der Waals surface area contributed by atoms with Crippen molar-refractivity contribution in [3.05, 3.63) is 59.7 Å². The highest BCUT2D eigenvalue weighted by Crippen LogP contribution is 2.33.